The molecule has 0 aromatic rings. The van der Waals surface area contributed by atoms with Crippen molar-refractivity contribution < 1.29 is 4.74 Å². The minimum absolute atomic E-state index is 0. The second kappa shape index (κ2) is 12.5. The summed E-state index contributed by atoms with van der Waals surface area (Å²) in [5.41, 5.74) is 0.179. The van der Waals surface area contributed by atoms with Gasteiger partial charge in [0.05, 0.1) is 12.6 Å². The summed E-state index contributed by atoms with van der Waals surface area (Å²) in [5, 5.41) is 7.00. The van der Waals surface area contributed by atoms with Crippen LogP contribution in [0, 0.1) is 11.3 Å². The van der Waals surface area contributed by atoms with Crippen molar-refractivity contribution in [2.75, 3.05) is 59.5 Å². The van der Waals surface area contributed by atoms with Crippen LogP contribution < -0.4 is 10.6 Å². The topological polar surface area (TPSA) is 52.1 Å². The summed E-state index contributed by atoms with van der Waals surface area (Å²) in [6.45, 7) is 19.4. The zero-order valence-corrected chi connectivity index (χ0v) is 21.3. The summed E-state index contributed by atoms with van der Waals surface area (Å²) in [7, 11) is 2.20. The third-order valence-corrected chi connectivity index (χ3v) is 5.85. The molecule has 166 valence electrons. The van der Waals surface area contributed by atoms with Crippen LogP contribution in [0.4, 0.5) is 0 Å². The molecule has 0 aliphatic carbocycles. The van der Waals surface area contributed by atoms with Crippen LogP contribution in [0.1, 0.15) is 47.5 Å². The molecule has 0 radical (unpaired) electrons. The van der Waals surface area contributed by atoms with Gasteiger partial charge in [0.25, 0.3) is 0 Å². The first kappa shape index (κ1) is 25.9. The Kier molecular flexibility index (Phi) is 11.6. The van der Waals surface area contributed by atoms with E-state index in [9.17, 15) is 0 Å². The average Bonchev–Trinajstić information content (AvgIpc) is 2.64. The van der Waals surface area contributed by atoms with Crippen LogP contribution in [0.2, 0.25) is 0 Å². The third kappa shape index (κ3) is 8.32. The molecule has 2 N–H and O–H groups in total. The fourth-order valence-corrected chi connectivity index (χ4v) is 4.18. The van der Waals surface area contributed by atoms with Gasteiger partial charge in [0, 0.05) is 57.8 Å². The predicted octanol–water partition coefficient (Wildman–Crippen LogP) is 2.64. The van der Waals surface area contributed by atoms with E-state index in [2.05, 4.69) is 62.1 Å². The number of halogens is 1. The van der Waals surface area contributed by atoms with E-state index in [0.29, 0.717) is 18.1 Å². The lowest BCUT2D eigenvalue weighted by molar-refractivity contribution is -0.0835. The molecule has 2 heterocycles. The van der Waals surface area contributed by atoms with Gasteiger partial charge in [0.15, 0.2) is 5.96 Å². The van der Waals surface area contributed by atoms with Crippen LogP contribution in [0.15, 0.2) is 4.99 Å². The van der Waals surface area contributed by atoms with E-state index >= 15 is 0 Å². The third-order valence-electron chi connectivity index (χ3n) is 5.85. The van der Waals surface area contributed by atoms with Crippen LogP contribution >= 0.6 is 24.0 Å². The molecule has 6 nitrogen and oxygen atoms in total. The predicted molar refractivity (Wildman–Crippen MR) is 130 cm³/mol. The molecule has 0 amide bonds. The molecule has 0 saturated carbocycles. The number of piperazine rings is 1. The minimum Gasteiger partial charge on any atom is -0.377 e. The largest absolute Gasteiger partial charge is 0.377 e. The van der Waals surface area contributed by atoms with E-state index in [1.807, 2.05) is 0 Å². The van der Waals surface area contributed by atoms with E-state index in [4.69, 9.17) is 9.73 Å². The quantitative estimate of drug-likeness (QED) is 0.328. The fraction of sp³-hybridized carbons (Fsp3) is 0.952. The highest BCUT2D eigenvalue weighted by atomic mass is 127. The van der Waals surface area contributed by atoms with Gasteiger partial charge in [-0.3, -0.25) is 9.89 Å². The van der Waals surface area contributed by atoms with Gasteiger partial charge < -0.3 is 20.3 Å². The number of guanidine groups is 1. The Balaban J connectivity index is 0.00000392. The minimum atomic E-state index is 0. The summed E-state index contributed by atoms with van der Waals surface area (Å²) < 4.78 is 6.12. The molecule has 2 rings (SSSR count). The Morgan fingerprint density at radius 1 is 1.18 bits per heavy atom. The van der Waals surface area contributed by atoms with E-state index in [0.717, 1.165) is 64.8 Å². The first-order valence-electron chi connectivity index (χ1n) is 10.9. The molecule has 28 heavy (non-hydrogen) atoms. The van der Waals surface area contributed by atoms with Crippen molar-refractivity contribution in [2.24, 2.45) is 16.3 Å². The lowest BCUT2D eigenvalue weighted by Crippen LogP contribution is -2.50. The molecule has 2 fully saturated rings. The lowest BCUT2D eigenvalue weighted by atomic mass is 9.78. The van der Waals surface area contributed by atoms with Crippen molar-refractivity contribution in [1.29, 1.82) is 0 Å². The van der Waals surface area contributed by atoms with E-state index in [1.165, 1.54) is 6.42 Å². The molecule has 2 aliphatic rings. The number of ether oxygens (including phenoxy) is 1. The number of hydrogen-bond acceptors (Lipinski definition) is 4. The summed E-state index contributed by atoms with van der Waals surface area (Å²) in [6, 6.07) is 0.481. The molecule has 0 spiro atoms. The molecule has 0 aromatic heterocycles. The van der Waals surface area contributed by atoms with Crippen molar-refractivity contribution in [3.8, 4) is 0 Å². The Labute approximate surface area is 190 Å². The number of rotatable bonds is 6. The number of hydrogen-bond donors (Lipinski definition) is 2. The van der Waals surface area contributed by atoms with E-state index in [1.54, 1.807) is 0 Å². The Hall–Kier alpha value is -0.120. The second-order valence-electron chi connectivity index (χ2n) is 9.35. The van der Waals surface area contributed by atoms with E-state index in [-0.39, 0.29) is 29.4 Å². The highest BCUT2D eigenvalue weighted by molar-refractivity contribution is 14.0. The Morgan fingerprint density at radius 3 is 2.46 bits per heavy atom. The van der Waals surface area contributed by atoms with Crippen molar-refractivity contribution >= 4 is 29.9 Å². The molecule has 3 atom stereocenters. The highest BCUT2D eigenvalue weighted by Gasteiger charge is 2.35. The van der Waals surface area contributed by atoms with Crippen molar-refractivity contribution in [1.82, 2.24) is 20.4 Å². The molecule has 2 saturated heterocycles. The van der Waals surface area contributed by atoms with Crippen molar-refractivity contribution in [3.05, 3.63) is 0 Å². The smallest absolute Gasteiger partial charge is 0.191 e. The van der Waals surface area contributed by atoms with Gasteiger partial charge in [-0.2, -0.15) is 0 Å². The first-order valence-corrected chi connectivity index (χ1v) is 10.9. The van der Waals surface area contributed by atoms with E-state index < -0.39 is 0 Å². The maximum Gasteiger partial charge on any atom is 0.191 e. The number of likely N-dealkylation sites (N-methyl/N-ethyl adjacent to an activating group) is 1. The summed E-state index contributed by atoms with van der Waals surface area (Å²) >= 11 is 0. The SMILES string of the molecule is CCNC(=NCC(C)N1CCN(C)CC1)NCC1CCCOC1C(C)(C)C.I. The number of nitrogens with one attached hydrogen (secondary N) is 2. The van der Waals surface area contributed by atoms with Crippen LogP contribution in [0.25, 0.3) is 0 Å². The number of aliphatic imine (C=N–C) groups is 1. The van der Waals surface area contributed by atoms with Crippen LogP contribution in [0.3, 0.4) is 0 Å². The maximum atomic E-state index is 6.12. The van der Waals surface area contributed by atoms with Crippen molar-refractivity contribution in [3.63, 3.8) is 0 Å². The Morgan fingerprint density at radius 2 is 1.86 bits per heavy atom. The van der Waals surface area contributed by atoms with Gasteiger partial charge in [0.2, 0.25) is 0 Å². The van der Waals surface area contributed by atoms with Gasteiger partial charge in [-0.1, -0.05) is 20.8 Å². The van der Waals surface area contributed by atoms with Crippen molar-refractivity contribution in [2.45, 2.75) is 59.6 Å². The van der Waals surface area contributed by atoms with Gasteiger partial charge in [0.1, 0.15) is 0 Å². The normalized spacial score (nSPS) is 26.4. The highest BCUT2D eigenvalue weighted by Crippen LogP contribution is 2.33. The zero-order valence-electron chi connectivity index (χ0n) is 19.0. The first-order chi connectivity index (χ1) is 12.8. The van der Waals surface area contributed by atoms with Crippen LogP contribution in [0.5, 0.6) is 0 Å². The second-order valence-corrected chi connectivity index (χ2v) is 9.35. The molecular weight excluding hydrogens is 465 g/mol. The number of nitrogens with zero attached hydrogens (tertiary/aromatic N) is 3. The molecular formula is C21H44IN5O. The standard InChI is InChI=1S/C21H43N5O.HI/c1-7-22-20(23-15-17(2)26-12-10-25(6)11-13-26)24-16-18-9-8-14-27-19(18)21(3,4)5;/h17-19H,7-16H2,1-6H3,(H2,22,23,24);1H. The summed E-state index contributed by atoms with van der Waals surface area (Å²) in [5.74, 6) is 1.48. The summed E-state index contributed by atoms with van der Waals surface area (Å²) in [4.78, 5) is 9.83. The van der Waals surface area contributed by atoms with Gasteiger partial charge in [-0.05, 0) is 39.2 Å². The zero-order chi connectivity index (χ0) is 19.9. The van der Waals surface area contributed by atoms with Gasteiger partial charge in [-0.15, -0.1) is 24.0 Å². The van der Waals surface area contributed by atoms with Gasteiger partial charge >= 0.3 is 0 Å². The van der Waals surface area contributed by atoms with Crippen LogP contribution in [-0.4, -0.2) is 87.4 Å². The monoisotopic (exact) mass is 509 g/mol. The average molecular weight is 510 g/mol. The molecule has 0 aromatic carbocycles. The van der Waals surface area contributed by atoms with Crippen LogP contribution in [-0.2, 0) is 4.74 Å². The molecule has 2 aliphatic heterocycles. The summed E-state index contributed by atoms with van der Waals surface area (Å²) in [6.07, 6.45) is 2.70. The lowest BCUT2D eigenvalue weighted by Gasteiger charge is -2.40. The molecule has 3 unspecified atom stereocenters. The maximum absolute atomic E-state index is 6.12. The van der Waals surface area contributed by atoms with Gasteiger partial charge in [-0.25, -0.2) is 0 Å². The molecule has 7 heteroatoms. The fourth-order valence-electron chi connectivity index (χ4n) is 4.18. The molecule has 0 bridgehead atoms. The Bertz CT molecular complexity index is 460.